The highest BCUT2D eigenvalue weighted by molar-refractivity contribution is 7.88. The Labute approximate surface area is 134 Å². The Balaban J connectivity index is 2.01. The minimum atomic E-state index is -3.21. The van der Waals surface area contributed by atoms with Gasteiger partial charge in [0, 0.05) is 32.7 Å². The van der Waals surface area contributed by atoms with Crippen molar-refractivity contribution in [1.29, 1.82) is 0 Å². The van der Waals surface area contributed by atoms with E-state index in [2.05, 4.69) is 18.9 Å². The number of likely N-dealkylation sites (tertiary alicyclic amines) is 1. The van der Waals surface area contributed by atoms with Crippen molar-refractivity contribution in [2.45, 2.75) is 32.2 Å². The zero-order valence-corrected chi connectivity index (χ0v) is 15.0. The fraction of sp³-hybridized carbons (Fsp3) is 0.933. The van der Waals surface area contributed by atoms with Crippen LogP contribution in [0.5, 0.6) is 0 Å². The Morgan fingerprint density at radius 2 is 1.86 bits per heavy atom. The van der Waals surface area contributed by atoms with E-state index in [0.29, 0.717) is 19.0 Å². The quantitative estimate of drug-likeness (QED) is 0.754. The van der Waals surface area contributed by atoms with Crippen LogP contribution in [0.3, 0.4) is 0 Å². The second-order valence-electron chi connectivity index (χ2n) is 7.00. The molecule has 0 radical (unpaired) electrons. The maximum atomic E-state index is 12.8. The molecule has 2 saturated heterocycles. The van der Waals surface area contributed by atoms with Gasteiger partial charge in [-0.05, 0) is 38.8 Å². The third-order valence-corrected chi connectivity index (χ3v) is 6.38. The Bertz CT molecular complexity index is 508. The first-order chi connectivity index (χ1) is 10.2. The average molecular weight is 331 g/mol. The van der Waals surface area contributed by atoms with E-state index in [-0.39, 0.29) is 17.9 Å². The highest BCUT2D eigenvalue weighted by Crippen LogP contribution is 2.25. The van der Waals surface area contributed by atoms with Crippen molar-refractivity contribution in [3.63, 3.8) is 0 Å². The highest BCUT2D eigenvalue weighted by atomic mass is 32.2. The fourth-order valence-electron chi connectivity index (χ4n) is 3.81. The summed E-state index contributed by atoms with van der Waals surface area (Å²) in [5, 5.41) is 0. The summed E-state index contributed by atoms with van der Waals surface area (Å²) in [6.45, 7) is 5.07. The molecule has 22 heavy (non-hydrogen) atoms. The molecule has 2 heterocycles. The molecule has 0 spiro atoms. The molecule has 128 valence electrons. The molecular weight excluding hydrogens is 302 g/mol. The van der Waals surface area contributed by atoms with Crippen molar-refractivity contribution >= 4 is 15.9 Å². The first-order valence-corrected chi connectivity index (χ1v) is 9.95. The topological polar surface area (TPSA) is 60.9 Å². The molecule has 0 aromatic heterocycles. The van der Waals surface area contributed by atoms with E-state index in [0.717, 1.165) is 32.4 Å². The van der Waals surface area contributed by atoms with Gasteiger partial charge in [0.25, 0.3) is 0 Å². The lowest BCUT2D eigenvalue weighted by molar-refractivity contribution is -0.139. The standard InChI is InChI=1S/C15H29N3O3S/c1-12-10-16(2)9-7-14(12)17(3)15(19)13-6-5-8-18(11-13)22(4,20)21/h12-14H,5-11H2,1-4H3. The number of hydrogen-bond donors (Lipinski definition) is 0. The van der Waals surface area contributed by atoms with E-state index >= 15 is 0 Å². The number of carbonyl (C=O) groups excluding carboxylic acids is 1. The fourth-order valence-corrected chi connectivity index (χ4v) is 4.73. The van der Waals surface area contributed by atoms with Gasteiger partial charge in [0.05, 0.1) is 12.2 Å². The summed E-state index contributed by atoms with van der Waals surface area (Å²) in [4.78, 5) is 17.0. The molecule has 2 aliphatic rings. The first kappa shape index (κ1) is 17.7. The molecule has 2 aliphatic heterocycles. The second kappa shape index (κ2) is 6.84. The summed E-state index contributed by atoms with van der Waals surface area (Å²) >= 11 is 0. The summed E-state index contributed by atoms with van der Waals surface area (Å²) in [7, 11) is 0.789. The van der Waals surface area contributed by atoms with Crippen LogP contribution in [-0.2, 0) is 14.8 Å². The molecule has 2 fully saturated rings. The third-order valence-electron chi connectivity index (χ3n) is 5.11. The maximum Gasteiger partial charge on any atom is 0.227 e. The number of hydrogen-bond acceptors (Lipinski definition) is 4. The number of rotatable bonds is 3. The van der Waals surface area contributed by atoms with Crippen LogP contribution in [-0.4, -0.2) is 81.0 Å². The molecule has 0 aromatic rings. The van der Waals surface area contributed by atoms with Crippen LogP contribution in [0.25, 0.3) is 0 Å². The molecule has 1 amide bonds. The lowest BCUT2D eigenvalue weighted by Crippen LogP contribution is -2.53. The second-order valence-corrected chi connectivity index (χ2v) is 8.99. The SMILES string of the molecule is CC1CN(C)CCC1N(C)C(=O)C1CCCN(S(C)(=O)=O)C1. The van der Waals surface area contributed by atoms with Gasteiger partial charge in [-0.1, -0.05) is 6.92 Å². The van der Waals surface area contributed by atoms with Crippen LogP contribution >= 0.6 is 0 Å². The van der Waals surface area contributed by atoms with Gasteiger partial charge in [0.2, 0.25) is 15.9 Å². The van der Waals surface area contributed by atoms with Crippen LogP contribution < -0.4 is 0 Å². The van der Waals surface area contributed by atoms with E-state index in [4.69, 9.17) is 0 Å². The number of piperidine rings is 2. The van der Waals surface area contributed by atoms with Crippen molar-refractivity contribution in [3.05, 3.63) is 0 Å². The zero-order chi connectivity index (χ0) is 16.5. The average Bonchev–Trinajstić information content (AvgIpc) is 2.45. The number of sulfonamides is 1. The Morgan fingerprint density at radius 3 is 2.45 bits per heavy atom. The molecule has 2 rings (SSSR count). The van der Waals surface area contributed by atoms with Gasteiger partial charge in [0.15, 0.2) is 0 Å². The predicted molar refractivity (Wildman–Crippen MR) is 87.0 cm³/mol. The summed E-state index contributed by atoms with van der Waals surface area (Å²) < 4.78 is 24.9. The van der Waals surface area contributed by atoms with Crippen molar-refractivity contribution in [1.82, 2.24) is 14.1 Å². The normalized spacial score (nSPS) is 31.9. The molecule has 3 atom stereocenters. The molecule has 0 bridgehead atoms. The summed E-state index contributed by atoms with van der Waals surface area (Å²) in [5.74, 6) is 0.359. The van der Waals surface area contributed by atoms with E-state index in [9.17, 15) is 13.2 Å². The van der Waals surface area contributed by atoms with E-state index in [1.54, 1.807) is 0 Å². The minimum absolute atomic E-state index is 0.106. The van der Waals surface area contributed by atoms with E-state index in [1.165, 1.54) is 10.6 Å². The van der Waals surface area contributed by atoms with Crippen LogP contribution in [0.2, 0.25) is 0 Å². The molecule has 0 saturated carbocycles. The van der Waals surface area contributed by atoms with Gasteiger partial charge in [-0.2, -0.15) is 0 Å². The van der Waals surface area contributed by atoms with Crippen LogP contribution in [0.1, 0.15) is 26.2 Å². The van der Waals surface area contributed by atoms with Crippen molar-refractivity contribution in [3.8, 4) is 0 Å². The van der Waals surface area contributed by atoms with Gasteiger partial charge < -0.3 is 9.80 Å². The Kier molecular flexibility index (Phi) is 5.50. The number of nitrogens with zero attached hydrogens (tertiary/aromatic N) is 3. The summed E-state index contributed by atoms with van der Waals surface area (Å²) in [6, 6.07) is 0.261. The molecule has 0 aliphatic carbocycles. The van der Waals surface area contributed by atoms with Crippen LogP contribution in [0.15, 0.2) is 0 Å². The Hall–Kier alpha value is -0.660. The van der Waals surface area contributed by atoms with Gasteiger partial charge in [-0.25, -0.2) is 12.7 Å². The largest absolute Gasteiger partial charge is 0.342 e. The minimum Gasteiger partial charge on any atom is -0.342 e. The van der Waals surface area contributed by atoms with Gasteiger partial charge in [-0.3, -0.25) is 4.79 Å². The molecular formula is C15H29N3O3S. The monoisotopic (exact) mass is 331 g/mol. The van der Waals surface area contributed by atoms with Crippen LogP contribution in [0.4, 0.5) is 0 Å². The van der Waals surface area contributed by atoms with Gasteiger partial charge in [-0.15, -0.1) is 0 Å². The molecule has 7 heteroatoms. The summed E-state index contributed by atoms with van der Waals surface area (Å²) in [5.41, 5.74) is 0. The van der Waals surface area contributed by atoms with E-state index < -0.39 is 10.0 Å². The van der Waals surface area contributed by atoms with Crippen molar-refractivity contribution in [2.24, 2.45) is 11.8 Å². The maximum absolute atomic E-state index is 12.8. The molecule has 0 N–H and O–H groups in total. The highest BCUT2D eigenvalue weighted by Gasteiger charge is 2.36. The molecule has 3 unspecified atom stereocenters. The van der Waals surface area contributed by atoms with Crippen molar-refractivity contribution in [2.75, 3.05) is 46.5 Å². The lowest BCUT2D eigenvalue weighted by Gasteiger charge is -2.42. The van der Waals surface area contributed by atoms with Crippen LogP contribution in [0, 0.1) is 11.8 Å². The zero-order valence-electron chi connectivity index (χ0n) is 14.2. The molecule has 6 nitrogen and oxygen atoms in total. The van der Waals surface area contributed by atoms with Crippen molar-refractivity contribution < 1.29 is 13.2 Å². The molecule has 0 aromatic carbocycles. The third kappa shape index (κ3) is 4.00. The number of amides is 1. The summed E-state index contributed by atoms with van der Waals surface area (Å²) in [6.07, 6.45) is 3.77. The predicted octanol–water partition coefficient (Wildman–Crippen LogP) is 0.457. The first-order valence-electron chi connectivity index (χ1n) is 8.10. The Morgan fingerprint density at radius 1 is 1.18 bits per heavy atom. The van der Waals surface area contributed by atoms with Gasteiger partial charge >= 0.3 is 0 Å². The lowest BCUT2D eigenvalue weighted by atomic mass is 9.91. The number of carbonyl (C=O) groups is 1. The smallest absolute Gasteiger partial charge is 0.227 e. The van der Waals surface area contributed by atoms with E-state index in [1.807, 2.05) is 11.9 Å². The van der Waals surface area contributed by atoms with Gasteiger partial charge in [0.1, 0.15) is 0 Å².